The molecule has 3 amide bonds. The number of carbonyl (C=O) groups is 3. The summed E-state index contributed by atoms with van der Waals surface area (Å²) >= 11 is 0. The van der Waals surface area contributed by atoms with Gasteiger partial charge in [0.2, 0.25) is 0 Å². The van der Waals surface area contributed by atoms with Gasteiger partial charge < -0.3 is 14.8 Å². The van der Waals surface area contributed by atoms with E-state index in [-0.39, 0.29) is 6.54 Å². The van der Waals surface area contributed by atoms with E-state index in [9.17, 15) is 14.4 Å². The largest absolute Gasteiger partial charge is 0.493 e. The first-order valence-electron chi connectivity index (χ1n) is 9.22. The van der Waals surface area contributed by atoms with Gasteiger partial charge in [0, 0.05) is 18.2 Å². The van der Waals surface area contributed by atoms with E-state index in [1.807, 2.05) is 49.4 Å². The van der Waals surface area contributed by atoms with Gasteiger partial charge in [0.15, 0.2) is 6.10 Å². The van der Waals surface area contributed by atoms with Crippen LogP contribution in [0, 0.1) is 0 Å². The first-order valence-corrected chi connectivity index (χ1v) is 9.22. The Balaban J connectivity index is 1.81. The maximum Gasteiger partial charge on any atom is 0.331 e. The zero-order valence-electron chi connectivity index (χ0n) is 16.4. The number of urea groups is 1. The molecule has 0 aliphatic rings. The molecule has 2 aromatic rings. The van der Waals surface area contributed by atoms with E-state index >= 15 is 0 Å². The Bertz CT molecular complexity index is 865. The van der Waals surface area contributed by atoms with E-state index in [0.29, 0.717) is 17.9 Å². The Labute approximate surface area is 169 Å². The Hall–Kier alpha value is -3.61. The van der Waals surface area contributed by atoms with Gasteiger partial charge in [0.25, 0.3) is 5.91 Å². The Morgan fingerprint density at radius 1 is 1.03 bits per heavy atom. The summed E-state index contributed by atoms with van der Waals surface area (Å²) in [5.74, 6) is -0.782. The fraction of sp³-hybridized carbons (Fsp3) is 0.227. The van der Waals surface area contributed by atoms with E-state index in [1.165, 1.54) is 13.0 Å². The number of nitrogens with one attached hydrogen (secondary N) is 2. The third kappa shape index (κ3) is 7.50. The zero-order valence-corrected chi connectivity index (χ0v) is 16.4. The van der Waals surface area contributed by atoms with Gasteiger partial charge in [-0.1, -0.05) is 48.5 Å². The fourth-order valence-electron chi connectivity index (χ4n) is 2.37. The molecule has 0 spiro atoms. The third-order valence-corrected chi connectivity index (χ3v) is 3.81. The van der Waals surface area contributed by atoms with Gasteiger partial charge in [-0.15, -0.1) is 0 Å². The van der Waals surface area contributed by atoms with Crippen molar-refractivity contribution in [1.29, 1.82) is 0 Å². The molecule has 0 heterocycles. The number of hydrogen-bond acceptors (Lipinski definition) is 5. The lowest BCUT2D eigenvalue weighted by Crippen LogP contribution is -2.44. The fourth-order valence-corrected chi connectivity index (χ4v) is 2.37. The van der Waals surface area contributed by atoms with Crippen LogP contribution in [-0.4, -0.2) is 30.6 Å². The summed E-state index contributed by atoms with van der Waals surface area (Å²) in [4.78, 5) is 35.8. The van der Waals surface area contributed by atoms with Crippen LogP contribution in [0.4, 0.5) is 4.79 Å². The third-order valence-electron chi connectivity index (χ3n) is 3.81. The second-order valence-corrected chi connectivity index (χ2v) is 6.04. The van der Waals surface area contributed by atoms with Gasteiger partial charge in [-0.2, -0.15) is 0 Å². The molecule has 0 aliphatic carbocycles. The maximum absolute atomic E-state index is 12.0. The van der Waals surface area contributed by atoms with Crippen LogP contribution in [0.1, 0.15) is 25.0 Å². The lowest BCUT2D eigenvalue weighted by atomic mass is 10.2. The number of esters is 1. The molecule has 0 radical (unpaired) electrons. The van der Waals surface area contributed by atoms with Gasteiger partial charge in [0.1, 0.15) is 5.75 Å². The number of carbonyl (C=O) groups excluding carboxylic acids is 3. The Morgan fingerprint density at radius 3 is 2.45 bits per heavy atom. The molecule has 2 N–H and O–H groups in total. The number of imide groups is 1. The number of rotatable bonds is 8. The van der Waals surface area contributed by atoms with E-state index in [4.69, 9.17) is 9.47 Å². The number of ether oxygens (including phenoxy) is 2. The summed E-state index contributed by atoms with van der Waals surface area (Å²) in [7, 11) is 0. The number of para-hydroxylation sites is 1. The predicted molar refractivity (Wildman–Crippen MR) is 109 cm³/mol. The van der Waals surface area contributed by atoms with Crippen LogP contribution in [0.3, 0.4) is 0 Å². The van der Waals surface area contributed by atoms with Crippen molar-refractivity contribution < 1.29 is 23.9 Å². The van der Waals surface area contributed by atoms with E-state index < -0.39 is 24.0 Å². The highest BCUT2D eigenvalue weighted by atomic mass is 16.5. The summed E-state index contributed by atoms with van der Waals surface area (Å²) in [6, 6.07) is 15.8. The van der Waals surface area contributed by atoms with Gasteiger partial charge in [-0.25, -0.2) is 9.59 Å². The number of hydrogen-bond donors (Lipinski definition) is 2. The summed E-state index contributed by atoms with van der Waals surface area (Å²) in [6.45, 7) is 4.03. The van der Waals surface area contributed by atoms with Crippen LogP contribution in [0.2, 0.25) is 0 Å². The van der Waals surface area contributed by atoms with Crippen molar-refractivity contribution in [1.82, 2.24) is 10.6 Å². The molecule has 0 saturated heterocycles. The van der Waals surface area contributed by atoms with Crippen molar-refractivity contribution in [2.45, 2.75) is 26.5 Å². The topological polar surface area (TPSA) is 93.7 Å². The molecular weight excluding hydrogens is 372 g/mol. The average molecular weight is 396 g/mol. The van der Waals surface area contributed by atoms with Crippen molar-refractivity contribution >= 4 is 24.0 Å². The van der Waals surface area contributed by atoms with Crippen molar-refractivity contribution in [3.05, 3.63) is 71.8 Å². The molecule has 0 bridgehead atoms. The minimum Gasteiger partial charge on any atom is -0.493 e. The van der Waals surface area contributed by atoms with E-state index in [0.717, 1.165) is 5.56 Å². The molecule has 0 aromatic heterocycles. The first-order chi connectivity index (χ1) is 14.0. The summed E-state index contributed by atoms with van der Waals surface area (Å²) in [5, 5.41) is 4.71. The van der Waals surface area contributed by atoms with Crippen LogP contribution in [0.5, 0.6) is 5.75 Å². The molecule has 29 heavy (non-hydrogen) atoms. The Kier molecular flexibility index (Phi) is 8.44. The zero-order chi connectivity index (χ0) is 21.1. The van der Waals surface area contributed by atoms with Crippen molar-refractivity contribution in [2.24, 2.45) is 0 Å². The number of amides is 3. The van der Waals surface area contributed by atoms with Crippen molar-refractivity contribution in [2.75, 3.05) is 6.61 Å². The predicted octanol–water partition coefficient (Wildman–Crippen LogP) is 3.06. The average Bonchev–Trinajstić information content (AvgIpc) is 2.72. The summed E-state index contributed by atoms with van der Waals surface area (Å²) < 4.78 is 10.5. The molecular formula is C22H24N2O5. The molecule has 7 heteroatoms. The lowest BCUT2D eigenvalue weighted by Gasteiger charge is -2.12. The van der Waals surface area contributed by atoms with E-state index in [1.54, 1.807) is 18.2 Å². The highest BCUT2D eigenvalue weighted by molar-refractivity contribution is 5.98. The van der Waals surface area contributed by atoms with Crippen LogP contribution in [0.25, 0.3) is 6.08 Å². The molecule has 2 rings (SSSR count). The second-order valence-electron chi connectivity index (χ2n) is 6.04. The van der Waals surface area contributed by atoms with Crippen LogP contribution in [0.15, 0.2) is 60.7 Å². The highest BCUT2D eigenvalue weighted by Gasteiger charge is 2.18. The monoisotopic (exact) mass is 396 g/mol. The van der Waals surface area contributed by atoms with Gasteiger partial charge in [-0.05, 0) is 31.6 Å². The molecule has 1 atom stereocenters. The first kappa shape index (κ1) is 21.7. The lowest BCUT2D eigenvalue weighted by molar-refractivity contribution is -0.149. The second kappa shape index (κ2) is 11.3. The standard InChI is InChI=1S/C22H24N2O5/c1-3-28-19-12-8-7-11-18(19)13-14-20(25)29-16(2)21(26)24-22(27)23-15-17-9-5-4-6-10-17/h4-14,16H,3,15H2,1-2H3,(H2,23,24,26,27)/b14-13+. The highest BCUT2D eigenvalue weighted by Crippen LogP contribution is 2.19. The van der Waals surface area contributed by atoms with Crippen molar-refractivity contribution in [3.63, 3.8) is 0 Å². The molecule has 0 fully saturated rings. The van der Waals surface area contributed by atoms with Crippen LogP contribution in [-0.2, 0) is 20.9 Å². The summed E-state index contributed by atoms with van der Waals surface area (Å²) in [5.41, 5.74) is 1.61. The molecule has 0 saturated carbocycles. The SMILES string of the molecule is CCOc1ccccc1/C=C/C(=O)OC(C)C(=O)NC(=O)NCc1ccccc1. The molecule has 2 aromatic carbocycles. The molecule has 152 valence electrons. The number of benzene rings is 2. The summed E-state index contributed by atoms with van der Waals surface area (Å²) in [6.07, 6.45) is 1.62. The van der Waals surface area contributed by atoms with E-state index in [2.05, 4.69) is 10.6 Å². The van der Waals surface area contributed by atoms with Crippen LogP contribution >= 0.6 is 0 Å². The van der Waals surface area contributed by atoms with Gasteiger partial charge in [0.05, 0.1) is 6.61 Å². The van der Waals surface area contributed by atoms with Gasteiger partial charge >= 0.3 is 12.0 Å². The minimum atomic E-state index is -1.13. The smallest absolute Gasteiger partial charge is 0.331 e. The molecule has 0 aliphatic heterocycles. The van der Waals surface area contributed by atoms with Crippen LogP contribution < -0.4 is 15.4 Å². The molecule has 7 nitrogen and oxygen atoms in total. The Morgan fingerprint density at radius 2 is 1.72 bits per heavy atom. The minimum absolute atomic E-state index is 0.274. The molecule has 1 unspecified atom stereocenters. The maximum atomic E-state index is 12.0. The van der Waals surface area contributed by atoms with Gasteiger partial charge in [-0.3, -0.25) is 10.1 Å². The normalized spacial score (nSPS) is 11.5. The quantitative estimate of drug-likeness (QED) is 0.528. The van der Waals surface area contributed by atoms with Crippen molar-refractivity contribution in [3.8, 4) is 5.75 Å².